The molecule has 0 atom stereocenters. The summed E-state index contributed by atoms with van der Waals surface area (Å²) in [7, 11) is 0. The molecule has 0 aliphatic heterocycles. The topological polar surface area (TPSA) is 78.8 Å². The number of amides is 1. The first-order valence-electron chi connectivity index (χ1n) is 11.8. The second-order valence-electron chi connectivity index (χ2n) is 10.6. The number of phenols is 1. The van der Waals surface area contributed by atoms with Crippen molar-refractivity contribution < 1.29 is 46.1 Å². The van der Waals surface area contributed by atoms with E-state index in [1.165, 1.54) is 37.5 Å². The van der Waals surface area contributed by atoms with E-state index < -0.39 is 29.3 Å². The Bertz CT molecular complexity index is 1140. The number of fused-ring (bicyclic) bond motifs is 1. The zero-order chi connectivity index (χ0) is 26.1. The number of aliphatic hydroxyl groups is 1. The van der Waals surface area contributed by atoms with Gasteiger partial charge in [-0.1, -0.05) is 6.07 Å². The van der Waals surface area contributed by atoms with E-state index in [1.807, 2.05) is 0 Å². The number of ether oxygens (including phenoxy) is 1. The van der Waals surface area contributed by atoms with Crippen molar-refractivity contribution in [2.24, 2.45) is 17.8 Å². The smallest absolute Gasteiger partial charge is 0.430 e. The maximum atomic E-state index is 13.2. The van der Waals surface area contributed by atoms with Gasteiger partial charge in [-0.2, -0.15) is 26.3 Å². The maximum absolute atomic E-state index is 13.2. The number of carbonyl (C=O) groups excluding carboxylic acids is 1. The molecule has 6 rings (SSSR count). The molecule has 4 aliphatic carbocycles. The Kier molecular flexibility index (Phi) is 5.66. The molecule has 11 heteroatoms. The van der Waals surface area contributed by atoms with Crippen molar-refractivity contribution in [3.05, 3.63) is 35.9 Å². The highest BCUT2D eigenvalue weighted by atomic mass is 19.4. The van der Waals surface area contributed by atoms with Gasteiger partial charge in [0.25, 0.3) is 11.5 Å². The summed E-state index contributed by atoms with van der Waals surface area (Å²) in [5.74, 6) is 0.401. The Labute approximate surface area is 202 Å². The Hall–Kier alpha value is -2.69. The Morgan fingerprint density at radius 1 is 0.917 bits per heavy atom. The van der Waals surface area contributed by atoms with E-state index in [-0.39, 0.29) is 34.6 Å². The number of nitrogens with one attached hydrogen (secondary N) is 1. The zero-order valence-corrected chi connectivity index (χ0v) is 19.0. The minimum atomic E-state index is -6.12. The van der Waals surface area contributed by atoms with Crippen LogP contribution >= 0.6 is 0 Å². The van der Waals surface area contributed by atoms with Gasteiger partial charge in [-0.15, -0.1) is 0 Å². The molecule has 5 nitrogen and oxygen atoms in total. The van der Waals surface area contributed by atoms with E-state index in [0.717, 1.165) is 19.3 Å². The second kappa shape index (κ2) is 8.16. The van der Waals surface area contributed by atoms with Crippen molar-refractivity contribution >= 4 is 16.7 Å². The normalized spacial score (nSPS) is 27.9. The number of hydrogen-bond acceptors (Lipinski definition) is 4. The van der Waals surface area contributed by atoms with Crippen LogP contribution in [-0.2, 0) is 10.4 Å². The number of halogens is 6. The largest absolute Gasteiger partial charge is 0.508 e. The molecule has 4 aliphatic rings. The van der Waals surface area contributed by atoms with E-state index in [2.05, 4.69) is 5.32 Å². The first kappa shape index (κ1) is 25.0. The monoisotopic (exact) mass is 517 g/mol. The number of alkyl halides is 6. The Balaban J connectivity index is 1.31. The molecule has 0 saturated heterocycles. The summed E-state index contributed by atoms with van der Waals surface area (Å²) in [4.78, 5) is 12.6. The van der Waals surface area contributed by atoms with Crippen molar-refractivity contribution in [1.82, 2.24) is 5.32 Å². The van der Waals surface area contributed by atoms with Gasteiger partial charge >= 0.3 is 12.4 Å². The molecule has 0 unspecified atom stereocenters. The molecule has 2 aromatic carbocycles. The van der Waals surface area contributed by atoms with Gasteiger partial charge in [0, 0.05) is 11.1 Å². The Morgan fingerprint density at radius 3 is 2.00 bits per heavy atom. The molecular formula is C25H25F6NO4. The van der Waals surface area contributed by atoms with Gasteiger partial charge in [-0.3, -0.25) is 4.79 Å². The van der Waals surface area contributed by atoms with Crippen molar-refractivity contribution in [3.8, 4) is 11.5 Å². The van der Waals surface area contributed by atoms with Crippen LogP contribution in [0.3, 0.4) is 0 Å². The third-order valence-corrected chi connectivity index (χ3v) is 7.95. The summed E-state index contributed by atoms with van der Waals surface area (Å²) in [6, 6.07) is 4.90. The molecule has 36 heavy (non-hydrogen) atoms. The SMILES string of the molecule is O=C(COc1ccc2cc(C(O)(C(F)(F)F)C(F)(F)F)c(O)cc2c1)NC12CC3CC(CC(C3)C1)C2. The highest BCUT2D eigenvalue weighted by Gasteiger charge is 2.72. The summed E-state index contributed by atoms with van der Waals surface area (Å²) in [5.41, 5.74) is -7.17. The van der Waals surface area contributed by atoms with E-state index in [1.54, 1.807) is 0 Å². The molecule has 196 valence electrons. The van der Waals surface area contributed by atoms with Crippen LogP contribution in [0.4, 0.5) is 26.3 Å². The predicted molar refractivity (Wildman–Crippen MR) is 116 cm³/mol. The number of aromatic hydroxyl groups is 1. The van der Waals surface area contributed by atoms with Crippen molar-refractivity contribution in [2.75, 3.05) is 6.61 Å². The average Bonchev–Trinajstić information content (AvgIpc) is 2.73. The zero-order valence-electron chi connectivity index (χ0n) is 19.0. The number of phenolic OH excluding ortho intramolecular Hbond substituents is 1. The minimum Gasteiger partial charge on any atom is -0.508 e. The predicted octanol–water partition coefficient (Wildman–Crippen LogP) is 5.32. The summed E-state index contributed by atoms with van der Waals surface area (Å²) in [6.07, 6.45) is -5.69. The molecule has 0 spiro atoms. The standard InChI is InChI=1S/C25H25F6NO4/c26-24(27,28)23(35,25(29,30)31)19-7-16-1-2-18(6-17(16)8-20(19)33)36-12-21(34)32-22-9-13-3-14(10-22)5-15(4-13)11-22/h1-2,6-8,13-15,33,35H,3-5,9-12H2,(H,32,34). The van der Waals surface area contributed by atoms with E-state index in [4.69, 9.17) is 4.74 Å². The van der Waals surface area contributed by atoms with Crippen LogP contribution in [0.15, 0.2) is 30.3 Å². The lowest BCUT2D eigenvalue weighted by Gasteiger charge is -2.56. The molecule has 0 radical (unpaired) electrons. The molecule has 4 saturated carbocycles. The molecule has 4 fully saturated rings. The van der Waals surface area contributed by atoms with E-state index in [0.29, 0.717) is 29.9 Å². The van der Waals surface area contributed by atoms with Crippen LogP contribution in [0, 0.1) is 17.8 Å². The number of hydrogen-bond donors (Lipinski definition) is 3. The van der Waals surface area contributed by atoms with Crippen LogP contribution in [-0.4, -0.2) is 40.6 Å². The minimum absolute atomic E-state index is 0.0712. The highest BCUT2D eigenvalue weighted by Crippen LogP contribution is 2.56. The fourth-order valence-corrected chi connectivity index (χ4v) is 6.85. The molecule has 3 N–H and O–H groups in total. The lowest BCUT2D eigenvalue weighted by Crippen LogP contribution is -2.60. The molecule has 2 aromatic rings. The van der Waals surface area contributed by atoms with Crippen molar-refractivity contribution in [2.45, 2.75) is 62.0 Å². The number of rotatable bonds is 5. The summed E-state index contributed by atoms with van der Waals surface area (Å²) in [5, 5.41) is 22.8. The fraction of sp³-hybridized carbons (Fsp3) is 0.560. The first-order valence-corrected chi connectivity index (χ1v) is 11.8. The van der Waals surface area contributed by atoms with Crippen LogP contribution in [0.1, 0.15) is 44.1 Å². The average molecular weight is 517 g/mol. The number of benzene rings is 2. The van der Waals surface area contributed by atoms with Crippen LogP contribution < -0.4 is 10.1 Å². The van der Waals surface area contributed by atoms with E-state index in [9.17, 15) is 41.4 Å². The third kappa shape index (κ3) is 4.14. The number of carbonyl (C=O) groups is 1. The van der Waals surface area contributed by atoms with Crippen LogP contribution in [0.5, 0.6) is 11.5 Å². The first-order chi connectivity index (χ1) is 16.7. The maximum Gasteiger partial charge on any atom is 0.430 e. The molecule has 0 aromatic heterocycles. The molecular weight excluding hydrogens is 492 g/mol. The van der Waals surface area contributed by atoms with Gasteiger partial charge in [0.05, 0.1) is 0 Å². The van der Waals surface area contributed by atoms with Gasteiger partial charge in [-0.05, 0) is 91.3 Å². The molecule has 0 heterocycles. The van der Waals surface area contributed by atoms with Gasteiger partial charge in [0.1, 0.15) is 11.5 Å². The third-order valence-electron chi connectivity index (χ3n) is 7.95. The lowest BCUT2D eigenvalue weighted by molar-refractivity contribution is -0.376. The summed E-state index contributed by atoms with van der Waals surface area (Å²) < 4.78 is 85.0. The fourth-order valence-electron chi connectivity index (χ4n) is 6.85. The van der Waals surface area contributed by atoms with Gasteiger partial charge in [0.15, 0.2) is 6.61 Å². The van der Waals surface area contributed by atoms with Gasteiger partial charge < -0.3 is 20.3 Å². The lowest BCUT2D eigenvalue weighted by atomic mass is 9.53. The van der Waals surface area contributed by atoms with Crippen molar-refractivity contribution in [1.29, 1.82) is 0 Å². The van der Waals surface area contributed by atoms with E-state index >= 15 is 0 Å². The quantitative estimate of drug-likeness (QED) is 0.469. The molecule has 1 amide bonds. The second-order valence-corrected chi connectivity index (χ2v) is 10.6. The summed E-state index contributed by atoms with van der Waals surface area (Å²) >= 11 is 0. The molecule has 4 bridgehead atoms. The van der Waals surface area contributed by atoms with Gasteiger partial charge in [-0.25, -0.2) is 0 Å². The Morgan fingerprint density at radius 2 is 1.47 bits per heavy atom. The van der Waals surface area contributed by atoms with Crippen molar-refractivity contribution in [3.63, 3.8) is 0 Å². The highest BCUT2D eigenvalue weighted by molar-refractivity contribution is 5.87. The summed E-state index contributed by atoms with van der Waals surface area (Å²) in [6.45, 7) is -0.306. The van der Waals surface area contributed by atoms with Crippen LogP contribution in [0.25, 0.3) is 10.8 Å². The van der Waals surface area contributed by atoms with Crippen LogP contribution in [0.2, 0.25) is 0 Å². The van der Waals surface area contributed by atoms with Gasteiger partial charge in [0.2, 0.25) is 0 Å².